The van der Waals surface area contributed by atoms with Crippen molar-refractivity contribution in [2.45, 2.75) is 13.3 Å². The van der Waals surface area contributed by atoms with Gasteiger partial charge in [0.25, 0.3) is 0 Å². The van der Waals surface area contributed by atoms with Crippen molar-refractivity contribution in [1.29, 1.82) is 0 Å². The van der Waals surface area contributed by atoms with Gasteiger partial charge in [-0.2, -0.15) is 12.7 Å². The first-order valence-electron chi connectivity index (χ1n) is 3.06. The Morgan fingerprint density at radius 1 is 1.50 bits per heavy atom. The molecule has 62 valence electrons. The first-order valence-corrected chi connectivity index (χ1v) is 4.43. The summed E-state index contributed by atoms with van der Waals surface area (Å²) in [5.74, 6) is 0. The van der Waals surface area contributed by atoms with Gasteiger partial charge in [-0.05, 0) is 6.42 Å². The van der Waals surface area contributed by atoms with Crippen molar-refractivity contribution in [2.24, 2.45) is 0 Å². The lowest BCUT2D eigenvalue weighted by Gasteiger charge is -2.12. The number of rotatable bonds is 4. The van der Waals surface area contributed by atoms with E-state index in [9.17, 15) is 8.42 Å². The third-order valence-electron chi connectivity index (χ3n) is 1.13. The molecule has 0 aromatic heterocycles. The van der Waals surface area contributed by atoms with Crippen LogP contribution in [-0.4, -0.2) is 33.4 Å². The monoisotopic (exact) mass is 167 g/mol. The van der Waals surface area contributed by atoms with Gasteiger partial charge in [0.1, 0.15) is 0 Å². The average molecular weight is 167 g/mol. The molecule has 0 aromatic carbocycles. The van der Waals surface area contributed by atoms with Crippen molar-refractivity contribution in [2.75, 3.05) is 20.7 Å². The molecule has 10 heavy (non-hydrogen) atoms. The molecule has 0 atom stereocenters. The van der Waals surface area contributed by atoms with Crippen LogP contribution in [0.3, 0.4) is 0 Å². The van der Waals surface area contributed by atoms with Gasteiger partial charge in [-0.25, -0.2) is 0 Å². The van der Waals surface area contributed by atoms with Crippen LogP contribution in [-0.2, 0) is 14.5 Å². The minimum atomic E-state index is -3.43. The number of nitrogens with zero attached hydrogens (tertiary/aromatic N) is 1. The standard InChI is InChI=1S/C5H13NO3S/c1-4-5-6(2)10(7,8)9-3/h4-5H2,1-3H3. The van der Waals surface area contributed by atoms with E-state index in [1.54, 1.807) is 0 Å². The minimum absolute atomic E-state index is 0.496. The lowest BCUT2D eigenvalue weighted by Crippen LogP contribution is -2.28. The largest absolute Gasteiger partial charge is 0.337 e. The van der Waals surface area contributed by atoms with Crippen LogP contribution in [0.4, 0.5) is 0 Å². The second-order valence-corrected chi connectivity index (χ2v) is 3.76. The summed E-state index contributed by atoms with van der Waals surface area (Å²) >= 11 is 0. The zero-order chi connectivity index (χ0) is 8.20. The maximum Gasteiger partial charge on any atom is 0.337 e. The topological polar surface area (TPSA) is 46.6 Å². The molecule has 0 amide bonds. The summed E-state index contributed by atoms with van der Waals surface area (Å²) in [7, 11) is -0.784. The fourth-order valence-corrected chi connectivity index (χ4v) is 1.21. The van der Waals surface area contributed by atoms with Gasteiger partial charge in [-0.1, -0.05) is 6.92 Å². The van der Waals surface area contributed by atoms with Gasteiger partial charge in [0.05, 0.1) is 7.11 Å². The summed E-state index contributed by atoms with van der Waals surface area (Å²) in [6.45, 7) is 2.40. The Hall–Kier alpha value is -0.130. The van der Waals surface area contributed by atoms with Crippen molar-refractivity contribution < 1.29 is 12.6 Å². The van der Waals surface area contributed by atoms with Gasteiger partial charge >= 0.3 is 10.3 Å². The van der Waals surface area contributed by atoms with Gasteiger partial charge in [-0.3, -0.25) is 4.18 Å². The molecule has 5 heteroatoms. The van der Waals surface area contributed by atoms with Crippen molar-refractivity contribution in [3.05, 3.63) is 0 Å². The van der Waals surface area contributed by atoms with Crippen molar-refractivity contribution in [1.82, 2.24) is 4.31 Å². The quantitative estimate of drug-likeness (QED) is 0.601. The second kappa shape index (κ2) is 3.90. The molecule has 0 fully saturated rings. The van der Waals surface area contributed by atoms with Gasteiger partial charge in [0, 0.05) is 13.6 Å². The highest BCUT2D eigenvalue weighted by atomic mass is 32.2. The Labute approximate surface area is 62.0 Å². The highest BCUT2D eigenvalue weighted by Gasteiger charge is 2.14. The molecular weight excluding hydrogens is 154 g/mol. The zero-order valence-corrected chi connectivity index (χ0v) is 7.31. The number of hydrogen-bond acceptors (Lipinski definition) is 3. The summed E-state index contributed by atoms with van der Waals surface area (Å²) in [5.41, 5.74) is 0. The lowest BCUT2D eigenvalue weighted by atomic mass is 10.5. The first kappa shape index (κ1) is 9.87. The molecule has 0 saturated heterocycles. The van der Waals surface area contributed by atoms with Crippen molar-refractivity contribution in [3.8, 4) is 0 Å². The SMILES string of the molecule is CCCN(C)S(=O)(=O)OC. The molecular formula is C5H13NO3S. The van der Waals surface area contributed by atoms with E-state index in [-0.39, 0.29) is 0 Å². The van der Waals surface area contributed by atoms with E-state index >= 15 is 0 Å². The molecule has 0 saturated carbocycles. The van der Waals surface area contributed by atoms with Crippen LogP contribution in [0.5, 0.6) is 0 Å². The molecule has 4 nitrogen and oxygen atoms in total. The van der Waals surface area contributed by atoms with E-state index in [2.05, 4.69) is 4.18 Å². The van der Waals surface area contributed by atoms with Crippen LogP contribution >= 0.6 is 0 Å². The predicted molar refractivity (Wildman–Crippen MR) is 38.8 cm³/mol. The summed E-state index contributed by atoms with van der Waals surface area (Å²) in [4.78, 5) is 0. The molecule has 0 aliphatic heterocycles. The first-order chi connectivity index (χ1) is 4.54. The molecule has 0 N–H and O–H groups in total. The Bertz CT molecular complexity index is 175. The van der Waals surface area contributed by atoms with E-state index < -0.39 is 10.3 Å². The van der Waals surface area contributed by atoms with Gasteiger partial charge in [0.2, 0.25) is 0 Å². The summed E-state index contributed by atoms with van der Waals surface area (Å²) in [5, 5.41) is 0. The van der Waals surface area contributed by atoms with E-state index in [1.807, 2.05) is 6.92 Å². The maximum atomic E-state index is 10.8. The van der Waals surface area contributed by atoms with Crippen molar-refractivity contribution >= 4 is 10.3 Å². The molecule has 0 unspecified atom stereocenters. The van der Waals surface area contributed by atoms with E-state index in [4.69, 9.17) is 0 Å². The van der Waals surface area contributed by atoms with Crippen LogP contribution in [0.1, 0.15) is 13.3 Å². The molecule has 0 rings (SSSR count). The second-order valence-electron chi connectivity index (χ2n) is 1.95. The number of hydrogen-bond donors (Lipinski definition) is 0. The van der Waals surface area contributed by atoms with Crippen LogP contribution < -0.4 is 0 Å². The minimum Gasteiger partial charge on any atom is -0.261 e. The molecule has 0 bridgehead atoms. The van der Waals surface area contributed by atoms with Crippen LogP contribution in [0, 0.1) is 0 Å². The summed E-state index contributed by atoms with van der Waals surface area (Å²) in [6, 6.07) is 0. The van der Waals surface area contributed by atoms with E-state index in [1.165, 1.54) is 11.4 Å². The van der Waals surface area contributed by atoms with Crippen LogP contribution in [0.2, 0.25) is 0 Å². The van der Waals surface area contributed by atoms with E-state index in [0.717, 1.165) is 13.5 Å². The Morgan fingerprint density at radius 2 is 2.00 bits per heavy atom. The smallest absolute Gasteiger partial charge is 0.261 e. The highest BCUT2D eigenvalue weighted by molar-refractivity contribution is 7.84. The van der Waals surface area contributed by atoms with E-state index in [0.29, 0.717) is 6.54 Å². The molecule has 0 radical (unpaired) electrons. The van der Waals surface area contributed by atoms with Crippen LogP contribution in [0.25, 0.3) is 0 Å². The molecule has 0 spiro atoms. The lowest BCUT2D eigenvalue weighted by molar-refractivity contribution is 0.335. The Balaban J connectivity index is 4.06. The summed E-state index contributed by atoms with van der Waals surface area (Å²) < 4.78 is 27.0. The summed E-state index contributed by atoms with van der Waals surface area (Å²) in [6.07, 6.45) is 0.791. The van der Waals surface area contributed by atoms with Crippen molar-refractivity contribution in [3.63, 3.8) is 0 Å². The average Bonchev–Trinajstić information content (AvgIpc) is 1.89. The third kappa shape index (κ3) is 2.64. The van der Waals surface area contributed by atoms with Gasteiger partial charge in [0.15, 0.2) is 0 Å². The predicted octanol–water partition coefficient (Wildman–Crippen LogP) is 0.219. The third-order valence-corrected chi connectivity index (χ3v) is 2.50. The van der Waals surface area contributed by atoms with Crippen LogP contribution in [0.15, 0.2) is 0 Å². The normalized spacial score (nSPS) is 12.4. The van der Waals surface area contributed by atoms with Gasteiger partial charge < -0.3 is 0 Å². The maximum absolute atomic E-state index is 10.8. The fraction of sp³-hybridized carbons (Fsp3) is 1.00. The Morgan fingerprint density at radius 3 is 2.30 bits per heavy atom. The molecule has 0 aromatic rings. The highest BCUT2D eigenvalue weighted by Crippen LogP contribution is 1.97. The van der Waals surface area contributed by atoms with Gasteiger partial charge in [-0.15, -0.1) is 0 Å². The Kier molecular flexibility index (Phi) is 3.85. The zero-order valence-electron chi connectivity index (χ0n) is 6.49. The molecule has 0 aliphatic rings. The molecule has 0 heterocycles. The molecule has 0 aliphatic carbocycles. The fourth-order valence-electron chi connectivity index (χ4n) is 0.554.